The molecule has 0 bridgehead atoms. The van der Waals surface area contributed by atoms with E-state index in [-0.39, 0.29) is 0 Å². The van der Waals surface area contributed by atoms with Crippen LogP contribution in [0.1, 0.15) is 16.9 Å². The molecule has 1 aromatic carbocycles. The van der Waals surface area contributed by atoms with Gasteiger partial charge in [-0.15, -0.1) is 0 Å². The van der Waals surface area contributed by atoms with Gasteiger partial charge >= 0.3 is 0 Å². The summed E-state index contributed by atoms with van der Waals surface area (Å²) in [6, 6.07) is 4.20. The lowest BCUT2D eigenvalue weighted by Crippen LogP contribution is -2.06. The summed E-state index contributed by atoms with van der Waals surface area (Å²) in [5.41, 5.74) is 3.23. The van der Waals surface area contributed by atoms with E-state index in [1.165, 1.54) is 5.56 Å². The Balaban J connectivity index is 2.66. The number of nitrogens with one attached hydrogen (secondary N) is 1. The van der Waals surface area contributed by atoms with Crippen LogP contribution >= 0.6 is 15.9 Å². The van der Waals surface area contributed by atoms with E-state index >= 15 is 0 Å². The molecular weight excluding hydrogens is 282 g/mol. The second kappa shape index (κ2) is 5.21. The van der Waals surface area contributed by atoms with Crippen molar-refractivity contribution >= 4 is 26.9 Å². The van der Waals surface area contributed by atoms with E-state index < -0.39 is 0 Å². The van der Waals surface area contributed by atoms with Crippen LogP contribution in [0.5, 0.6) is 0 Å². The Morgan fingerprint density at radius 1 is 1.41 bits per heavy atom. The van der Waals surface area contributed by atoms with Crippen LogP contribution in [0, 0.1) is 6.92 Å². The van der Waals surface area contributed by atoms with Gasteiger partial charge in [0.1, 0.15) is 11.3 Å². The first-order valence-electron chi connectivity index (χ1n) is 5.51. The summed E-state index contributed by atoms with van der Waals surface area (Å²) < 4.78 is 12.1. The van der Waals surface area contributed by atoms with E-state index in [0.29, 0.717) is 13.2 Å². The second-order valence-corrected chi connectivity index (χ2v) is 4.94. The third-order valence-corrected chi connectivity index (χ3v) is 3.29. The molecule has 0 aliphatic carbocycles. The van der Waals surface area contributed by atoms with Crippen LogP contribution in [0.15, 0.2) is 21.0 Å². The summed E-state index contributed by atoms with van der Waals surface area (Å²) >= 11 is 3.54. The number of hydrogen-bond donors (Lipinski definition) is 1. The normalized spacial score (nSPS) is 11.3. The molecule has 0 aliphatic rings. The molecular formula is C13H16BrNO2. The number of aryl methyl sites for hydroxylation is 1. The SMILES string of the molecule is CNCc1oc2c(Br)cc(C)cc2c1COC. The molecule has 2 aromatic rings. The van der Waals surface area contributed by atoms with Gasteiger partial charge in [-0.2, -0.15) is 0 Å². The summed E-state index contributed by atoms with van der Waals surface area (Å²) in [7, 11) is 3.61. The van der Waals surface area contributed by atoms with E-state index in [9.17, 15) is 0 Å². The molecule has 2 rings (SSSR count). The van der Waals surface area contributed by atoms with Crippen molar-refractivity contribution in [2.24, 2.45) is 0 Å². The maximum absolute atomic E-state index is 5.89. The van der Waals surface area contributed by atoms with Crippen LogP contribution in [0.2, 0.25) is 0 Å². The first kappa shape index (κ1) is 12.6. The minimum absolute atomic E-state index is 0.569. The summed E-state index contributed by atoms with van der Waals surface area (Å²) in [5, 5.41) is 4.24. The molecule has 0 radical (unpaired) electrons. The smallest absolute Gasteiger partial charge is 0.148 e. The van der Waals surface area contributed by atoms with Crippen molar-refractivity contribution in [3.8, 4) is 0 Å². The quantitative estimate of drug-likeness (QED) is 0.939. The van der Waals surface area contributed by atoms with Gasteiger partial charge in [-0.1, -0.05) is 0 Å². The zero-order valence-corrected chi connectivity index (χ0v) is 11.8. The van der Waals surface area contributed by atoms with E-state index in [1.54, 1.807) is 7.11 Å². The van der Waals surface area contributed by atoms with Crippen molar-refractivity contribution < 1.29 is 9.15 Å². The molecule has 0 unspecified atom stereocenters. The lowest BCUT2D eigenvalue weighted by Gasteiger charge is -2.01. The fourth-order valence-electron chi connectivity index (χ4n) is 2.00. The van der Waals surface area contributed by atoms with E-state index in [1.807, 2.05) is 7.05 Å². The molecule has 1 aromatic heterocycles. The fraction of sp³-hybridized carbons (Fsp3) is 0.385. The predicted octanol–water partition coefficient (Wildman–Crippen LogP) is 3.37. The lowest BCUT2D eigenvalue weighted by molar-refractivity contribution is 0.183. The van der Waals surface area contributed by atoms with Gasteiger partial charge in [0.25, 0.3) is 0 Å². The zero-order chi connectivity index (χ0) is 12.4. The Labute approximate surface area is 109 Å². The Morgan fingerprint density at radius 3 is 2.82 bits per heavy atom. The van der Waals surface area contributed by atoms with Crippen LogP contribution < -0.4 is 5.32 Å². The third-order valence-electron chi connectivity index (χ3n) is 2.70. The average molecular weight is 298 g/mol. The van der Waals surface area contributed by atoms with Gasteiger partial charge in [-0.05, 0) is 47.6 Å². The topological polar surface area (TPSA) is 34.4 Å². The van der Waals surface area contributed by atoms with Crippen LogP contribution in [-0.4, -0.2) is 14.2 Å². The molecule has 0 fully saturated rings. The third kappa shape index (κ3) is 2.39. The maximum Gasteiger partial charge on any atom is 0.148 e. The van der Waals surface area contributed by atoms with Crippen LogP contribution in [0.4, 0.5) is 0 Å². The van der Waals surface area contributed by atoms with Gasteiger partial charge in [0, 0.05) is 18.1 Å². The average Bonchev–Trinajstić information content (AvgIpc) is 2.59. The Kier molecular flexibility index (Phi) is 3.86. The highest BCUT2D eigenvalue weighted by atomic mass is 79.9. The van der Waals surface area contributed by atoms with Gasteiger partial charge in [0.05, 0.1) is 17.6 Å². The highest BCUT2D eigenvalue weighted by molar-refractivity contribution is 9.10. The summed E-state index contributed by atoms with van der Waals surface area (Å²) in [6.07, 6.45) is 0. The zero-order valence-electron chi connectivity index (χ0n) is 10.3. The molecule has 92 valence electrons. The van der Waals surface area contributed by atoms with E-state index in [0.717, 1.165) is 26.8 Å². The molecule has 1 N–H and O–H groups in total. The number of rotatable bonds is 4. The molecule has 0 amide bonds. The van der Waals surface area contributed by atoms with Gasteiger partial charge < -0.3 is 14.5 Å². The molecule has 1 heterocycles. The second-order valence-electron chi connectivity index (χ2n) is 4.09. The molecule has 0 saturated carbocycles. The number of benzene rings is 1. The van der Waals surface area contributed by atoms with Crippen molar-refractivity contribution in [2.75, 3.05) is 14.2 Å². The molecule has 0 saturated heterocycles. The van der Waals surface area contributed by atoms with Gasteiger partial charge in [0.15, 0.2) is 0 Å². The first-order valence-corrected chi connectivity index (χ1v) is 6.30. The largest absolute Gasteiger partial charge is 0.458 e. The molecule has 4 heteroatoms. The highest BCUT2D eigenvalue weighted by Crippen LogP contribution is 2.33. The molecule has 3 nitrogen and oxygen atoms in total. The number of methoxy groups -OCH3 is 1. The lowest BCUT2D eigenvalue weighted by atomic mass is 10.1. The van der Waals surface area contributed by atoms with Gasteiger partial charge in [-0.3, -0.25) is 0 Å². The van der Waals surface area contributed by atoms with Gasteiger partial charge in [0.2, 0.25) is 0 Å². The molecule has 0 spiro atoms. The van der Waals surface area contributed by atoms with Crippen molar-refractivity contribution in [3.05, 3.63) is 33.5 Å². The van der Waals surface area contributed by atoms with Crippen molar-refractivity contribution in [2.45, 2.75) is 20.1 Å². The van der Waals surface area contributed by atoms with Crippen LogP contribution in [0.3, 0.4) is 0 Å². The molecule has 0 atom stereocenters. The minimum atomic E-state index is 0.569. The van der Waals surface area contributed by atoms with Crippen molar-refractivity contribution in [1.29, 1.82) is 0 Å². The maximum atomic E-state index is 5.89. The fourth-order valence-corrected chi connectivity index (χ4v) is 2.65. The number of furan rings is 1. The standard InChI is InChI=1S/C13H16BrNO2/c1-8-4-9-10(7-16-3)12(6-15-2)17-13(9)11(14)5-8/h4-5,15H,6-7H2,1-3H3. The summed E-state index contributed by atoms with van der Waals surface area (Å²) in [6.45, 7) is 3.35. The highest BCUT2D eigenvalue weighted by Gasteiger charge is 2.15. The first-order chi connectivity index (χ1) is 8.17. The predicted molar refractivity (Wildman–Crippen MR) is 72.1 cm³/mol. The van der Waals surface area contributed by atoms with Gasteiger partial charge in [-0.25, -0.2) is 0 Å². The number of ether oxygens (including phenoxy) is 1. The molecule has 0 aliphatic heterocycles. The van der Waals surface area contributed by atoms with E-state index in [2.05, 4.69) is 40.3 Å². The summed E-state index contributed by atoms with van der Waals surface area (Å²) in [4.78, 5) is 0. The van der Waals surface area contributed by atoms with Crippen LogP contribution in [-0.2, 0) is 17.9 Å². The van der Waals surface area contributed by atoms with Crippen molar-refractivity contribution in [1.82, 2.24) is 5.32 Å². The number of hydrogen-bond acceptors (Lipinski definition) is 3. The summed E-state index contributed by atoms with van der Waals surface area (Å²) in [5.74, 6) is 0.940. The number of halogens is 1. The number of fused-ring (bicyclic) bond motifs is 1. The van der Waals surface area contributed by atoms with Crippen LogP contribution in [0.25, 0.3) is 11.0 Å². The monoisotopic (exact) mass is 297 g/mol. The Bertz CT molecular complexity index is 534. The molecule has 17 heavy (non-hydrogen) atoms. The Morgan fingerprint density at radius 2 is 2.18 bits per heavy atom. The van der Waals surface area contributed by atoms with E-state index in [4.69, 9.17) is 9.15 Å². The Hall–Kier alpha value is -0.840. The minimum Gasteiger partial charge on any atom is -0.458 e. The van der Waals surface area contributed by atoms with Crippen molar-refractivity contribution in [3.63, 3.8) is 0 Å².